The second kappa shape index (κ2) is 7.46. The summed E-state index contributed by atoms with van der Waals surface area (Å²) < 4.78 is 0. The van der Waals surface area contributed by atoms with Gasteiger partial charge in [-0.15, -0.1) is 0 Å². The minimum Gasteiger partial charge on any atom is -0.375 e. The Morgan fingerprint density at radius 1 is 1.24 bits per heavy atom. The number of nitrogens with zero attached hydrogens (tertiary/aromatic N) is 1. The topological polar surface area (TPSA) is 44.4 Å². The van der Waals surface area contributed by atoms with E-state index in [9.17, 15) is 4.79 Å². The SMILES string of the molecule is CCCCCN(C)c1ccc2c(c1)NC(=O)C2NCCC. The van der Waals surface area contributed by atoms with E-state index in [1.54, 1.807) is 0 Å². The third kappa shape index (κ3) is 3.76. The largest absolute Gasteiger partial charge is 0.375 e. The zero-order chi connectivity index (χ0) is 15.2. The van der Waals surface area contributed by atoms with E-state index < -0.39 is 0 Å². The maximum Gasteiger partial charge on any atom is 0.246 e. The fraction of sp³-hybridized carbons (Fsp3) is 0.588. The van der Waals surface area contributed by atoms with E-state index in [-0.39, 0.29) is 11.9 Å². The Hall–Kier alpha value is -1.55. The highest BCUT2D eigenvalue weighted by molar-refractivity contribution is 6.03. The molecule has 0 radical (unpaired) electrons. The Kier molecular flexibility index (Phi) is 5.62. The van der Waals surface area contributed by atoms with Gasteiger partial charge in [0.05, 0.1) is 0 Å². The van der Waals surface area contributed by atoms with E-state index in [0.29, 0.717) is 0 Å². The zero-order valence-electron chi connectivity index (χ0n) is 13.4. The lowest BCUT2D eigenvalue weighted by atomic mass is 10.1. The first-order valence-corrected chi connectivity index (χ1v) is 8.06. The van der Waals surface area contributed by atoms with Crippen molar-refractivity contribution in [1.29, 1.82) is 0 Å². The van der Waals surface area contributed by atoms with Crippen LogP contribution in [0, 0.1) is 0 Å². The molecule has 1 aliphatic rings. The number of carbonyl (C=O) groups excluding carboxylic acids is 1. The first kappa shape index (κ1) is 15.8. The summed E-state index contributed by atoms with van der Waals surface area (Å²) in [5, 5.41) is 6.29. The van der Waals surface area contributed by atoms with E-state index in [1.165, 1.54) is 24.9 Å². The van der Waals surface area contributed by atoms with Crippen molar-refractivity contribution >= 4 is 17.3 Å². The third-order valence-electron chi connectivity index (χ3n) is 4.00. The van der Waals surface area contributed by atoms with E-state index in [4.69, 9.17) is 0 Å². The average molecular weight is 289 g/mol. The van der Waals surface area contributed by atoms with E-state index in [2.05, 4.69) is 54.6 Å². The van der Waals surface area contributed by atoms with Crippen molar-refractivity contribution in [3.63, 3.8) is 0 Å². The van der Waals surface area contributed by atoms with Gasteiger partial charge in [-0.25, -0.2) is 0 Å². The quantitative estimate of drug-likeness (QED) is 0.722. The van der Waals surface area contributed by atoms with Gasteiger partial charge in [0, 0.05) is 30.5 Å². The van der Waals surface area contributed by atoms with E-state index >= 15 is 0 Å². The molecule has 1 aliphatic heterocycles. The lowest BCUT2D eigenvalue weighted by molar-refractivity contribution is -0.117. The molecule has 0 bridgehead atoms. The number of benzene rings is 1. The molecule has 4 nitrogen and oxygen atoms in total. The Bertz CT molecular complexity index is 487. The van der Waals surface area contributed by atoms with Crippen LogP contribution in [0.1, 0.15) is 51.1 Å². The molecule has 1 amide bonds. The van der Waals surface area contributed by atoms with Crippen LogP contribution in [0.5, 0.6) is 0 Å². The molecule has 4 heteroatoms. The number of hydrogen-bond donors (Lipinski definition) is 2. The number of amides is 1. The second-order valence-electron chi connectivity index (χ2n) is 5.78. The van der Waals surface area contributed by atoms with Crippen molar-refractivity contribution in [2.24, 2.45) is 0 Å². The van der Waals surface area contributed by atoms with Crippen molar-refractivity contribution in [2.45, 2.75) is 45.6 Å². The minimum atomic E-state index is -0.195. The highest BCUT2D eigenvalue weighted by Crippen LogP contribution is 2.33. The molecule has 0 saturated carbocycles. The van der Waals surface area contributed by atoms with Crippen molar-refractivity contribution in [1.82, 2.24) is 5.32 Å². The van der Waals surface area contributed by atoms with Gasteiger partial charge in [-0.2, -0.15) is 0 Å². The van der Waals surface area contributed by atoms with Gasteiger partial charge in [0.1, 0.15) is 6.04 Å². The summed E-state index contributed by atoms with van der Waals surface area (Å²) >= 11 is 0. The first-order chi connectivity index (χ1) is 10.2. The molecule has 116 valence electrons. The molecule has 1 atom stereocenters. The van der Waals surface area contributed by atoms with E-state index in [1.807, 2.05) is 0 Å². The number of nitrogens with one attached hydrogen (secondary N) is 2. The fourth-order valence-electron chi connectivity index (χ4n) is 2.71. The predicted octanol–water partition coefficient (Wildman–Crippen LogP) is 3.31. The molecule has 2 N–H and O–H groups in total. The van der Waals surface area contributed by atoms with Gasteiger partial charge in [-0.3, -0.25) is 4.79 Å². The number of hydrogen-bond acceptors (Lipinski definition) is 3. The highest BCUT2D eigenvalue weighted by atomic mass is 16.2. The van der Waals surface area contributed by atoms with Crippen LogP contribution in [0.15, 0.2) is 18.2 Å². The monoisotopic (exact) mass is 289 g/mol. The normalized spacial score (nSPS) is 16.7. The molecule has 0 fully saturated rings. The van der Waals surface area contributed by atoms with Gasteiger partial charge < -0.3 is 15.5 Å². The van der Waals surface area contributed by atoms with Crippen LogP contribution in [-0.4, -0.2) is 26.0 Å². The van der Waals surface area contributed by atoms with Crippen LogP contribution >= 0.6 is 0 Å². The van der Waals surface area contributed by atoms with Gasteiger partial charge in [0.2, 0.25) is 5.91 Å². The zero-order valence-corrected chi connectivity index (χ0v) is 13.4. The summed E-state index contributed by atoms with van der Waals surface area (Å²) in [6.45, 7) is 6.23. The van der Waals surface area contributed by atoms with Crippen LogP contribution < -0.4 is 15.5 Å². The summed E-state index contributed by atoms with van der Waals surface area (Å²) in [5.41, 5.74) is 3.19. The van der Waals surface area contributed by atoms with E-state index in [0.717, 1.165) is 30.8 Å². The molecule has 1 aromatic rings. The van der Waals surface area contributed by atoms with Crippen molar-refractivity contribution in [3.05, 3.63) is 23.8 Å². The summed E-state index contributed by atoms with van der Waals surface area (Å²) in [6, 6.07) is 6.09. The van der Waals surface area contributed by atoms with Crippen LogP contribution in [0.2, 0.25) is 0 Å². The van der Waals surface area contributed by atoms with Gasteiger partial charge in [0.15, 0.2) is 0 Å². The Labute approximate surface area is 127 Å². The standard InChI is InChI=1S/C17H27N3O/c1-4-6-7-11-20(3)13-8-9-14-15(12-13)19-17(21)16(14)18-10-5-2/h8-9,12,16,18H,4-7,10-11H2,1-3H3,(H,19,21). The first-order valence-electron chi connectivity index (χ1n) is 8.06. The predicted molar refractivity (Wildman–Crippen MR) is 88.9 cm³/mol. The number of unbranched alkanes of at least 4 members (excludes halogenated alkanes) is 2. The molecule has 21 heavy (non-hydrogen) atoms. The Morgan fingerprint density at radius 2 is 2.05 bits per heavy atom. The second-order valence-corrected chi connectivity index (χ2v) is 5.78. The molecule has 1 heterocycles. The van der Waals surface area contributed by atoms with Crippen LogP contribution in [-0.2, 0) is 4.79 Å². The number of fused-ring (bicyclic) bond motifs is 1. The fourth-order valence-corrected chi connectivity index (χ4v) is 2.71. The van der Waals surface area contributed by atoms with Crippen molar-refractivity contribution in [3.8, 4) is 0 Å². The molecular formula is C17H27N3O. The Morgan fingerprint density at radius 3 is 2.76 bits per heavy atom. The molecule has 1 aromatic carbocycles. The lowest BCUT2D eigenvalue weighted by Gasteiger charge is -2.20. The maximum atomic E-state index is 12.0. The molecule has 2 rings (SSSR count). The van der Waals surface area contributed by atoms with Gasteiger partial charge in [0.25, 0.3) is 0 Å². The van der Waals surface area contributed by atoms with Gasteiger partial charge in [-0.05, 0) is 31.5 Å². The smallest absolute Gasteiger partial charge is 0.246 e. The summed E-state index contributed by atoms with van der Waals surface area (Å²) in [7, 11) is 2.11. The van der Waals surface area contributed by atoms with Crippen molar-refractivity contribution < 1.29 is 4.79 Å². The summed E-state index contributed by atoms with van der Waals surface area (Å²) in [5.74, 6) is 0.0595. The van der Waals surface area contributed by atoms with Crippen molar-refractivity contribution in [2.75, 3.05) is 30.4 Å². The summed E-state index contributed by atoms with van der Waals surface area (Å²) in [6.07, 6.45) is 4.72. The highest BCUT2D eigenvalue weighted by Gasteiger charge is 2.30. The molecular weight excluding hydrogens is 262 g/mol. The maximum absolute atomic E-state index is 12.0. The molecule has 1 unspecified atom stereocenters. The van der Waals surface area contributed by atoms with Crippen LogP contribution in [0.4, 0.5) is 11.4 Å². The number of anilines is 2. The number of carbonyl (C=O) groups is 1. The van der Waals surface area contributed by atoms with Crippen LogP contribution in [0.25, 0.3) is 0 Å². The lowest BCUT2D eigenvalue weighted by Crippen LogP contribution is -2.27. The third-order valence-corrected chi connectivity index (χ3v) is 4.00. The average Bonchev–Trinajstić information content (AvgIpc) is 2.79. The van der Waals surface area contributed by atoms with Gasteiger partial charge >= 0.3 is 0 Å². The molecule has 0 saturated heterocycles. The molecule has 0 spiro atoms. The molecule has 0 aromatic heterocycles. The number of rotatable bonds is 8. The Balaban J connectivity index is 2.06. The molecule has 0 aliphatic carbocycles. The van der Waals surface area contributed by atoms with Crippen LogP contribution in [0.3, 0.4) is 0 Å². The van der Waals surface area contributed by atoms with Gasteiger partial charge in [-0.1, -0.05) is 32.8 Å². The minimum absolute atomic E-state index is 0.0595. The summed E-state index contributed by atoms with van der Waals surface area (Å²) in [4.78, 5) is 14.3.